The van der Waals surface area contributed by atoms with Gasteiger partial charge in [-0.1, -0.05) is 48.0 Å². The number of para-hydroxylation sites is 1. The second kappa shape index (κ2) is 10.2. The first-order valence-corrected chi connectivity index (χ1v) is 12.2. The summed E-state index contributed by atoms with van der Waals surface area (Å²) in [5, 5.41) is 7.18. The van der Waals surface area contributed by atoms with E-state index in [9.17, 15) is 9.59 Å². The zero-order valence-corrected chi connectivity index (χ0v) is 20.6. The summed E-state index contributed by atoms with van der Waals surface area (Å²) < 4.78 is 5.92. The lowest BCUT2D eigenvalue weighted by Crippen LogP contribution is -2.28. The second-order valence-electron chi connectivity index (χ2n) is 8.47. The molecule has 2 aromatic carbocycles. The van der Waals surface area contributed by atoms with Crippen molar-refractivity contribution in [1.29, 1.82) is 0 Å². The van der Waals surface area contributed by atoms with E-state index in [1.54, 1.807) is 0 Å². The summed E-state index contributed by atoms with van der Waals surface area (Å²) in [6, 6.07) is 19.1. The van der Waals surface area contributed by atoms with Crippen LogP contribution in [0.2, 0.25) is 0 Å². The molecule has 3 aromatic rings. The molecule has 1 aromatic heterocycles. The Labute approximate surface area is 204 Å². The number of furan rings is 1. The van der Waals surface area contributed by atoms with Gasteiger partial charge in [0.2, 0.25) is 0 Å². The first-order chi connectivity index (χ1) is 16.3. The van der Waals surface area contributed by atoms with Gasteiger partial charge in [-0.15, -0.1) is 11.8 Å². The van der Waals surface area contributed by atoms with Crippen LogP contribution in [0.4, 0.5) is 5.69 Å². The van der Waals surface area contributed by atoms with E-state index in [0.717, 1.165) is 33.3 Å². The Morgan fingerprint density at radius 1 is 0.971 bits per heavy atom. The number of carbonyl (C=O) groups excluding carboxylic acids is 2. The van der Waals surface area contributed by atoms with Crippen molar-refractivity contribution in [3.63, 3.8) is 0 Å². The number of benzene rings is 2. The van der Waals surface area contributed by atoms with Gasteiger partial charge in [0.05, 0.1) is 22.3 Å². The van der Waals surface area contributed by atoms with Gasteiger partial charge in [-0.25, -0.2) is 0 Å². The minimum absolute atomic E-state index is 0.0582. The van der Waals surface area contributed by atoms with Gasteiger partial charge in [-0.2, -0.15) is 0 Å². The molecule has 0 spiro atoms. The maximum atomic E-state index is 13.4. The fourth-order valence-electron chi connectivity index (χ4n) is 3.87. The molecule has 34 heavy (non-hydrogen) atoms. The number of ketones is 1. The largest absolute Gasteiger partial charge is 0.465 e. The van der Waals surface area contributed by atoms with E-state index in [0.29, 0.717) is 22.6 Å². The topological polar surface area (TPSA) is 71.3 Å². The van der Waals surface area contributed by atoms with E-state index in [-0.39, 0.29) is 17.6 Å². The molecule has 1 unspecified atom stereocenters. The molecule has 174 valence electrons. The van der Waals surface area contributed by atoms with Crippen molar-refractivity contribution in [2.45, 2.75) is 33.6 Å². The lowest BCUT2D eigenvalue weighted by atomic mass is 9.91. The number of amides is 1. The van der Waals surface area contributed by atoms with Gasteiger partial charge in [-0.05, 0) is 57.5 Å². The van der Waals surface area contributed by atoms with Crippen LogP contribution in [0.15, 0.2) is 87.5 Å². The number of Topliss-reactive ketones (excluding diaryl/α,β-unsaturated/α-hetero) is 1. The monoisotopic (exact) mass is 472 g/mol. The maximum absolute atomic E-state index is 13.4. The maximum Gasteiger partial charge on any atom is 0.254 e. The average molecular weight is 473 g/mol. The molecular weight excluding hydrogens is 444 g/mol. The van der Waals surface area contributed by atoms with Crippen LogP contribution in [0.3, 0.4) is 0 Å². The SMILES string of the molecule is CC1=C(C(=O)Nc2ccccc2C)C(c2ccc(C)o2)C=C(SCC(=O)c2ccc(C)cc2)N1. The van der Waals surface area contributed by atoms with Gasteiger partial charge in [0, 0.05) is 16.9 Å². The van der Waals surface area contributed by atoms with Gasteiger partial charge in [0.15, 0.2) is 5.78 Å². The van der Waals surface area contributed by atoms with Gasteiger partial charge in [-0.3, -0.25) is 9.59 Å². The molecule has 0 fully saturated rings. The molecule has 1 aliphatic heterocycles. The molecule has 1 amide bonds. The number of anilines is 1. The summed E-state index contributed by atoms with van der Waals surface area (Å²) in [6.07, 6.45) is 1.96. The van der Waals surface area contributed by atoms with Crippen molar-refractivity contribution >= 4 is 29.1 Å². The van der Waals surface area contributed by atoms with Crippen LogP contribution in [-0.2, 0) is 4.79 Å². The lowest BCUT2D eigenvalue weighted by molar-refractivity contribution is -0.113. The highest BCUT2D eigenvalue weighted by molar-refractivity contribution is 8.03. The number of thioether (sulfide) groups is 1. The Kier molecular flexibility index (Phi) is 7.08. The molecule has 5 nitrogen and oxygen atoms in total. The first-order valence-electron chi connectivity index (χ1n) is 11.2. The van der Waals surface area contributed by atoms with E-state index in [1.807, 2.05) is 94.4 Å². The minimum Gasteiger partial charge on any atom is -0.465 e. The van der Waals surface area contributed by atoms with Crippen LogP contribution in [0, 0.1) is 20.8 Å². The highest BCUT2D eigenvalue weighted by atomic mass is 32.2. The van der Waals surface area contributed by atoms with Gasteiger partial charge in [0.25, 0.3) is 5.91 Å². The Balaban J connectivity index is 1.56. The number of rotatable bonds is 7. The third kappa shape index (κ3) is 5.34. The average Bonchev–Trinajstić information content (AvgIpc) is 3.25. The molecule has 4 rings (SSSR count). The highest BCUT2D eigenvalue weighted by Crippen LogP contribution is 2.36. The smallest absolute Gasteiger partial charge is 0.254 e. The van der Waals surface area contributed by atoms with E-state index >= 15 is 0 Å². The Morgan fingerprint density at radius 2 is 1.71 bits per heavy atom. The van der Waals surface area contributed by atoms with Crippen molar-refractivity contribution in [3.8, 4) is 0 Å². The highest BCUT2D eigenvalue weighted by Gasteiger charge is 2.30. The Bertz CT molecular complexity index is 1280. The van der Waals surface area contributed by atoms with Crippen LogP contribution in [-0.4, -0.2) is 17.4 Å². The molecule has 1 atom stereocenters. The predicted octanol–water partition coefficient (Wildman–Crippen LogP) is 6.26. The van der Waals surface area contributed by atoms with Crippen LogP contribution >= 0.6 is 11.8 Å². The summed E-state index contributed by atoms with van der Waals surface area (Å²) in [6.45, 7) is 7.72. The van der Waals surface area contributed by atoms with Crippen molar-refractivity contribution in [3.05, 3.63) is 111 Å². The summed E-state index contributed by atoms with van der Waals surface area (Å²) in [7, 11) is 0. The molecule has 2 N–H and O–H groups in total. The van der Waals surface area contributed by atoms with E-state index in [1.165, 1.54) is 11.8 Å². The van der Waals surface area contributed by atoms with Crippen LogP contribution in [0.1, 0.15) is 45.8 Å². The fourth-order valence-corrected chi connectivity index (χ4v) is 4.78. The number of carbonyl (C=O) groups is 2. The molecule has 0 saturated heterocycles. The molecular formula is C28H28N2O3S. The summed E-state index contributed by atoms with van der Waals surface area (Å²) in [5.74, 6) is 1.27. The predicted molar refractivity (Wildman–Crippen MR) is 138 cm³/mol. The standard InChI is InChI=1S/C28H28N2O3S/c1-17-9-12-21(13-10-17)24(31)16-34-26-15-22(25-14-11-19(3)33-25)27(20(4)29-26)28(32)30-23-8-6-5-7-18(23)2/h5-15,22,29H,16H2,1-4H3,(H,30,32). The van der Waals surface area contributed by atoms with Gasteiger partial charge < -0.3 is 15.1 Å². The van der Waals surface area contributed by atoms with Crippen LogP contribution in [0.25, 0.3) is 0 Å². The minimum atomic E-state index is -0.365. The molecule has 0 saturated carbocycles. The molecule has 0 radical (unpaired) electrons. The number of hydrogen-bond acceptors (Lipinski definition) is 5. The zero-order valence-electron chi connectivity index (χ0n) is 19.8. The van der Waals surface area contributed by atoms with Crippen molar-refractivity contribution in [2.24, 2.45) is 0 Å². The zero-order chi connectivity index (χ0) is 24.2. The summed E-state index contributed by atoms with van der Waals surface area (Å²) in [5.41, 5.74) is 4.90. The van der Waals surface area contributed by atoms with E-state index in [4.69, 9.17) is 4.42 Å². The van der Waals surface area contributed by atoms with Crippen molar-refractivity contribution in [1.82, 2.24) is 5.32 Å². The second-order valence-corrected chi connectivity index (χ2v) is 9.48. The Hall–Kier alpha value is -3.51. The first kappa shape index (κ1) is 23.6. The fraction of sp³-hybridized carbons (Fsp3) is 0.214. The summed E-state index contributed by atoms with van der Waals surface area (Å²) in [4.78, 5) is 26.0. The van der Waals surface area contributed by atoms with E-state index in [2.05, 4.69) is 10.6 Å². The number of dihydropyridines is 1. The summed E-state index contributed by atoms with van der Waals surface area (Å²) >= 11 is 1.43. The number of hydrogen-bond donors (Lipinski definition) is 2. The third-order valence-electron chi connectivity index (χ3n) is 5.78. The number of allylic oxidation sites excluding steroid dienone is 2. The Morgan fingerprint density at radius 3 is 2.38 bits per heavy atom. The number of aryl methyl sites for hydroxylation is 3. The van der Waals surface area contributed by atoms with Crippen LogP contribution in [0.5, 0.6) is 0 Å². The number of nitrogens with one attached hydrogen (secondary N) is 2. The molecule has 0 bridgehead atoms. The van der Waals surface area contributed by atoms with Crippen LogP contribution < -0.4 is 10.6 Å². The van der Waals surface area contributed by atoms with Crippen molar-refractivity contribution < 1.29 is 14.0 Å². The van der Waals surface area contributed by atoms with Gasteiger partial charge >= 0.3 is 0 Å². The molecule has 0 aliphatic carbocycles. The van der Waals surface area contributed by atoms with Gasteiger partial charge in [0.1, 0.15) is 11.5 Å². The van der Waals surface area contributed by atoms with Crippen molar-refractivity contribution in [2.75, 3.05) is 11.1 Å². The molecule has 2 heterocycles. The normalized spacial score (nSPS) is 15.5. The quantitative estimate of drug-likeness (QED) is 0.397. The lowest BCUT2D eigenvalue weighted by Gasteiger charge is -2.26. The third-order valence-corrected chi connectivity index (χ3v) is 6.74. The molecule has 1 aliphatic rings. The molecule has 6 heteroatoms. The van der Waals surface area contributed by atoms with E-state index < -0.39 is 0 Å².